The minimum Gasteiger partial charge on any atom is -0.462 e. The number of thiazole rings is 1. The van der Waals surface area contributed by atoms with Crippen molar-refractivity contribution in [2.75, 3.05) is 19.7 Å². The Hall–Kier alpha value is -2.81. The first kappa shape index (κ1) is 18.5. The number of fused-ring (bicyclic) bond motifs is 1. The molecule has 0 N–H and O–H groups in total. The molecule has 146 valence electrons. The lowest BCUT2D eigenvalue weighted by molar-refractivity contribution is 0.0527. The summed E-state index contributed by atoms with van der Waals surface area (Å²) in [5.41, 5.74) is 1.98. The Bertz CT molecular complexity index is 1030. The zero-order chi connectivity index (χ0) is 19.7. The van der Waals surface area contributed by atoms with Gasteiger partial charge in [0.2, 0.25) is 0 Å². The molecule has 1 fully saturated rings. The summed E-state index contributed by atoms with van der Waals surface area (Å²) in [4.78, 5) is 35.9. The standard InChI is InChI=1S/C19H21N5O3S/c1-3-27-19(26)14-9-21-24-15(6-7-20-16(14)24)18(25)23-8-4-5-13(10-23)17-22-12(2)11-28-17/h6-7,9,11,13H,3-5,8,10H2,1-2H3/t13-/m1/s1. The summed E-state index contributed by atoms with van der Waals surface area (Å²) in [6.45, 7) is 5.30. The van der Waals surface area contributed by atoms with Crippen LogP contribution in [0, 0.1) is 6.92 Å². The molecular formula is C19H21N5O3S. The van der Waals surface area contributed by atoms with Gasteiger partial charge in [-0.3, -0.25) is 4.79 Å². The van der Waals surface area contributed by atoms with Gasteiger partial charge in [0, 0.05) is 36.3 Å². The van der Waals surface area contributed by atoms with Crippen LogP contribution < -0.4 is 0 Å². The van der Waals surface area contributed by atoms with E-state index < -0.39 is 5.97 Å². The van der Waals surface area contributed by atoms with Crippen molar-refractivity contribution in [2.24, 2.45) is 0 Å². The van der Waals surface area contributed by atoms with E-state index >= 15 is 0 Å². The van der Waals surface area contributed by atoms with Crippen molar-refractivity contribution in [1.82, 2.24) is 24.5 Å². The van der Waals surface area contributed by atoms with Gasteiger partial charge in [-0.2, -0.15) is 5.10 Å². The number of aromatic nitrogens is 4. The second kappa shape index (κ2) is 7.67. The summed E-state index contributed by atoms with van der Waals surface area (Å²) >= 11 is 1.65. The number of esters is 1. The van der Waals surface area contributed by atoms with E-state index in [4.69, 9.17) is 4.74 Å². The predicted octanol–water partition coefficient (Wildman–Crippen LogP) is 2.69. The Morgan fingerprint density at radius 1 is 1.39 bits per heavy atom. The zero-order valence-corrected chi connectivity index (χ0v) is 16.6. The third-order valence-electron chi connectivity index (χ3n) is 4.81. The van der Waals surface area contributed by atoms with Gasteiger partial charge in [-0.1, -0.05) is 0 Å². The quantitative estimate of drug-likeness (QED) is 0.627. The van der Waals surface area contributed by atoms with Crippen LogP contribution in [0.2, 0.25) is 0 Å². The van der Waals surface area contributed by atoms with Crippen LogP contribution in [0.1, 0.15) is 57.2 Å². The van der Waals surface area contributed by atoms with Crippen molar-refractivity contribution < 1.29 is 14.3 Å². The molecule has 0 bridgehead atoms. The summed E-state index contributed by atoms with van der Waals surface area (Å²) in [6.07, 6.45) is 4.88. The van der Waals surface area contributed by atoms with Gasteiger partial charge >= 0.3 is 5.97 Å². The van der Waals surface area contributed by atoms with E-state index in [0.717, 1.165) is 23.5 Å². The van der Waals surface area contributed by atoms with E-state index in [1.54, 1.807) is 24.3 Å². The highest BCUT2D eigenvalue weighted by Crippen LogP contribution is 2.30. The molecule has 4 rings (SSSR count). The normalized spacial score (nSPS) is 17.1. The lowest BCUT2D eigenvalue weighted by atomic mass is 9.98. The molecule has 1 amide bonds. The molecule has 0 saturated carbocycles. The van der Waals surface area contributed by atoms with Gasteiger partial charge in [-0.15, -0.1) is 11.3 Å². The Balaban J connectivity index is 1.61. The van der Waals surface area contributed by atoms with Crippen LogP contribution in [-0.2, 0) is 4.74 Å². The minimum atomic E-state index is -0.494. The molecule has 0 aromatic carbocycles. The van der Waals surface area contributed by atoms with Gasteiger partial charge in [0.25, 0.3) is 5.91 Å². The second-order valence-electron chi connectivity index (χ2n) is 6.76. The van der Waals surface area contributed by atoms with E-state index in [-0.39, 0.29) is 24.0 Å². The summed E-state index contributed by atoms with van der Waals surface area (Å²) in [6, 6.07) is 1.63. The summed E-state index contributed by atoms with van der Waals surface area (Å²) < 4.78 is 6.47. The molecule has 3 aromatic heterocycles. The van der Waals surface area contributed by atoms with Crippen LogP contribution >= 0.6 is 11.3 Å². The Labute approximate surface area is 166 Å². The van der Waals surface area contributed by atoms with Crippen LogP contribution in [-0.4, -0.2) is 56.1 Å². The average Bonchev–Trinajstić information content (AvgIpc) is 3.34. The maximum Gasteiger partial charge on any atom is 0.343 e. The van der Waals surface area contributed by atoms with Gasteiger partial charge in [0.05, 0.1) is 17.8 Å². The van der Waals surface area contributed by atoms with Gasteiger partial charge < -0.3 is 9.64 Å². The first-order valence-corrected chi connectivity index (χ1v) is 10.2. The highest BCUT2D eigenvalue weighted by atomic mass is 32.1. The number of amides is 1. The number of rotatable bonds is 4. The van der Waals surface area contributed by atoms with E-state index in [9.17, 15) is 9.59 Å². The van der Waals surface area contributed by atoms with E-state index in [1.165, 1.54) is 16.9 Å². The number of hydrogen-bond acceptors (Lipinski definition) is 7. The van der Waals surface area contributed by atoms with Crippen molar-refractivity contribution in [3.05, 3.63) is 45.8 Å². The SMILES string of the molecule is CCOC(=O)c1cnn2c(C(=O)N3CCC[C@@H](c4nc(C)cs4)C3)ccnc12. The lowest BCUT2D eigenvalue weighted by Gasteiger charge is -2.31. The number of piperidine rings is 1. The third-order valence-corrected chi connectivity index (χ3v) is 5.94. The first-order valence-electron chi connectivity index (χ1n) is 9.29. The smallest absolute Gasteiger partial charge is 0.343 e. The molecule has 28 heavy (non-hydrogen) atoms. The molecular weight excluding hydrogens is 378 g/mol. The Kier molecular flexibility index (Phi) is 5.08. The van der Waals surface area contributed by atoms with Crippen LogP contribution in [0.3, 0.4) is 0 Å². The third kappa shape index (κ3) is 3.37. The van der Waals surface area contributed by atoms with Crippen molar-refractivity contribution in [3.8, 4) is 0 Å². The number of ether oxygens (including phenoxy) is 1. The van der Waals surface area contributed by atoms with Crippen LogP contribution in [0.15, 0.2) is 23.8 Å². The zero-order valence-electron chi connectivity index (χ0n) is 15.8. The van der Waals surface area contributed by atoms with Gasteiger partial charge in [0.1, 0.15) is 11.3 Å². The molecule has 0 unspecified atom stereocenters. The average molecular weight is 399 g/mol. The molecule has 8 nitrogen and oxygen atoms in total. The van der Waals surface area contributed by atoms with Crippen molar-refractivity contribution in [2.45, 2.75) is 32.6 Å². The Morgan fingerprint density at radius 2 is 2.25 bits per heavy atom. The number of nitrogens with zero attached hydrogens (tertiary/aromatic N) is 5. The molecule has 1 atom stereocenters. The lowest BCUT2D eigenvalue weighted by Crippen LogP contribution is -2.40. The molecule has 9 heteroatoms. The van der Waals surface area contributed by atoms with Crippen LogP contribution in [0.25, 0.3) is 5.65 Å². The number of carbonyl (C=O) groups excluding carboxylic acids is 2. The molecule has 3 aromatic rings. The number of likely N-dealkylation sites (tertiary alicyclic amines) is 1. The molecule has 1 aliphatic heterocycles. The number of carbonyl (C=O) groups is 2. The molecule has 1 saturated heterocycles. The van der Waals surface area contributed by atoms with Gasteiger partial charge in [-0.05, 0) is 32.8 Å². The highest BCUT2D eigenvalue weighted by Gasteiger charge is 2.29. The number of hydrogen-bond donors (Lipinski definition) is 0. The second-order valence-corrected chi connectivity index (χ2v) is 7.65. The Morgan fingerprint density at radius 3 is 3.00 bits per heavy atom. The van der Waals surface area contributed by atoms with E-state index in [1.807, 2.05) is 17.2 Å². The summed E-state index contributed by atoms with van der Waals surface area (Å²) in [7, 11) is 0. The molecule has 1 aliphatic rings. The van der Waals surface area contributed by atoms with E-state index in [2.05, 4.69) is 15.1 Å². The van der Waals surface area contributed by atoms with Crippen molar-refractivity contribution in [1.29, 1.82) is 0 Å². The maximum absolute atomic E-state index is 13.2. The van der Waals surface area contributed by atoms with Crippen LogP contribution in [0.5, 0.6) is 0 Å². The van der Waals surface area contributed by atoms with E-state index in [0.29, 0.717) is 24.4 Å². The fourth-order valence-corrected chi connectivity index (χ4v) is 4.42. The van der Waals surface area contributed by atoms with Gasteiger partial charge in [-0.25, -0.2) is 19.3 Å². The maximum atomic E-state index is 13.2. The minimum absolute atomic E-state index is 0.121. The topological polar surface area (TPSA) is 89.7 Å². The molecule has 0 radical (unpaired) electrons. The largest absolute Gasteiger partial charge is 0.462 e. The first-order chi connectivity index (χ1) is 13.6. The molecule has 0 spiro atoms. The molecule has 0 aliphatic carbocycles. The molecule has 4 heterocycles. The monoisotopic (exact) mass is 399 g/mol. The number of aryl methyl sites for hydroxylation is 1. The van der Waals surface area contributed by atoms with Gasteiger partial charge in [0.15, 0.2) is 5.65 Å². The summed E-state index contributed by atoms with van der Waals surface area (Å²) in [5, 5.41) is 7.34. The van der Waals surface area contributed by atoms with Crippen molar-refractivity contribution >= 4 is 28.9 Å². The highest BCUT2D eigenvalue weighted by molar-refractivity contribution is 7.09. The predicted molar refractivity (Wildman–Crippen MR) is 104 cm³/mol. The fourth-order valence-electron chi connectivity index (χ4n) is 3.49. The fraction of sp³-hybridized carbons (Fsp3) is 0.421. The van der Waals surface area contributed by atoms with Crippen LogP contribution in [0.4, 0.5) is 0 Å². The summed E-state index contributed by atoms with van der Waals surface area (Å²) in [5.74, 6) is -0.364. The van der Waals surface area contributed by atoms with Crippen molar-refractivity contribution in [3.63, 3.8) is 0 Å².